The average Bonchev–Trinajstić information content (AvgIpc) is 3.14. The van der Waals surface area contributed by atoms with Crippen molar-refractivity contribution in [3.63, 3.8) is 0 Å². The molecule has 0 aliphatic heterocycles. The molecule has 4 nitrogen and oxygen atoms in total. The molecule has 0 unspecified atom stereocenters. The summed E-state index contributed by atoms with van der Waals surface area (Å²) in [4.78, 5) is 15.6. The fraction of sp³-hybridized carbons (Fsp3) is 0.538. The number of rotatable bonds is 6. The third kappa shape index (κ3) is 4.15. The zero-order valence-corrected chi connectivity index (χ0v) is 10.1. The molecule has 1 aromatic rings. The van der Waals surface area contributed by atoms with Crippen LogP contribution in [0.25, 0.3) is 0 Å². The SMILES string of the molecule is C[C@@H](NC(=O)CCNC1CC1)c1ccncc1. The van der Waals surface area contributed by atoms with Gasteiger partial charge in [0.05, 0.1) is 6.04 Å². The minimum absolute atomic E-state index is 0.0476. The van der Waals surface area contributed by atoms with Crippen LogP contribution >= 0.6 is 0 Å². The molecule has 4 heteroatoms. The number of hydrogen-bond acceptors (Lipinski definition) is 3. The number of nitrogens with one attached hydrogen (secondary N) is 2. The highest BCUT2D eigenvalue weighted by molar-refractivity contribution is 5.76. The maximum absolute atomic E-state index is 11.7. The van der Waals surface area contributed by atoms with E-state index in [9.17, 15) is 4.79 Å². The van der Waals surface area contributed by atoms with Crippen LogP contribution in [0.15, 0.2) is 24.5 Å². The normalized spacial score (nSPS) is 16.5. The summed E-state index contributed by atoms with van der Waals surface area (Å²) < 4.78 is 0. The molecule has 92 valence electrons. The largest absolute Gasteiger partial charge is 0.350 e. The summed E-state index contributed by atoms with van der Waals surface area (Å²) in [5, 5.41) is 6.31. The molecule has 1 aromatic heterocycles. The second-order valence-corrected chi connectivity index (χ2v) is 4.55. The molecule has 1 aliphatic rings. The van der Waals surface area contributed by atoms with Gasteiger partial charge in [0.2, 0.25) is 5.91 Å². The molecular weight excluding hydrogens is 214 g/mol. The molecule has 0 aromatic carbocycles. The third-order valence-corrected chi connectivity index (χ3v) is 2.95. The number of hydrogen-bond donors (Lipinski definition) is 2. The van der Waals surface area contributed by atoms with Gasteiger partial charge in [-0.05, 0) is 37.5 Å². The molecule has 0 saturated heterocycles. The molecule has 1 fully saturated rings. The number of aromatic nitrogens is 1. The average molecular weight is 233 g/mol. The number of carbonyl (C=O) groups is 1. The molecule has 0 bridgehead atoms. The molecular formula is C13H19N3O. The Morgan fingerprint density at radius 3 is 2.82 bits per heavy atom. The Balaban J connectivity index is 1.69. The number of nitrogens with zero attached hydrogens (tertiary/aromatic N) is 1. The van der Waals surface area contributed by atoms with Gasteiger partial charge in [-0.3, -0.25) is 9.78 Å². The van der Waals surface area contributed by atoms with E-state index >= 15 is 0 Å². The van der Waals surface area contributed by atoms with Crippen molar-refractivity contribution in [1.82, 2.24) is 15.6 Å². The second kappa shape index (κ2) is 5.77. The van der Waals surface area contributed by atoms with Gasteiger partial charge >= 0.3 is 0 Å². The number of carbonyl (C=O) groups excluding carboxylic acids is 1. The van der Waals surface area contributed by atoms with Gasteiger partial charge in [0.1, 0.15) is 0 Å². The topological polar surface area (TPSA) is 54.0 Å². The summed E-state index contributed by atoms with van der Waals surface area (Å²) >= 11 is 0. The maximum Gasteiger partial charge on any atom is 0.221 e. The van der Waals surface area contributed by atoms with Crippen molar-refractivity contribution < 1.29 is 4.79 Å². The minimum atomic E-state index is 0.0476. The highest BCUT2D eigenvalue weighted by atomic mass is 16.1. The predicted molar refractivity (Wildman–Crippen MR) is 66.4 cm³/mol. The first-order valence-corrected chi connectivity index (χ1v) is 6.18. The van der Waals surface area contributed by atoms with Gasteiger partial charge in [0.25, 0.3) is 0 Å². The van der Waals surface area contributed by atoms with E-state index < -0.39 is 0 Å². The van der Waals surface area contributed by atoms with E-state index in [0.717, 1.165) is 12.1 Å². The van der Waals surface area contributed by atoms with Crippen molar-refractivity contribution >= 4 is 5.91 Å². The van der Waals surface area contributed by atoms with Crippen LogP contribution in [-0.4, -0.2) is 23.5 Å². The monoisotopic (exact) mass is 233 g/mol. The van der Waals surface area contributed by atoms with Gasteiger partial charge < -0.3 is 10.6 Å². The van der Waals surface area contributed by atoms with Crippen LogP contribution < -0.4 is 10.6 Å². The van der Waals surface area contributed by atoms with E-state index in [1.165, 1.54) is 12.8 Å². The van der Waals surface area contributed by atoms with Crippen molar-refractivity contribution in [2.75, 3.05) is 6.54 Å². The van der Waals surface area contributed by atoms with E-state index in [-0.39, 0.29) is 11.9 Å². The van der Waals surface area contributed by atoms with Crippen molar-refractivity contribution in [1.29, 1.82) is 0 Å². The van der Waals surface area contributed by atoms with Gasteiger partial charge in [0, 0.05) is 31.4 Å². The van der Waals surface area contributed by atoms with Gasteiger partial charge in [0.15, 0.2) is 0 Å². The van der Waals surface area contributed by atoms with Gasteiger partial charge in [-0.25, -0.2) is 0 Å². The lowest BCUT2D eigenvalue weighted by atomic mass is 10.1. The lowest BCUT2D eigenvalue weighted by Gasteiger charge is -2.14. The van der Waals surface area contributed by atoms with Crippen molar-refractivity contribution in [2.24, 2.45) is 0 Å². The Labute approximate surface area is 102 Å². The Hall–Kier alpha value is -1.42. The summed E-state index contributed by atoms with van der Waals surface area (Å²) in [5.74, 6) is 0.0995. The molecule has 1 heterocycles. The Kier molecular flexibility index (Phi) is 4.09. The molecule has 1 atom stereocenters. The van der Waals surface area contributed by atoms with Crippen LogP contribution in [0.1, 0.15) is 37.8 Å². The summed E-state index contributed by atoms with van der Waals surface area (Å²) in [5.41, 5.74) is 1.09. The quantitative estimate of drug-likeness (QED) is 0.781. The predicted octanol–water partition coefficient (Wildman–Crippen LogP) is 1.40. The zero-order valence-electron chi connectivity index (χ0n) is 10.1. The van der Waals surface area contributed by atoms with Gasteiger partial charge in [-0.2, -0.15) is 0 Å². The fourth-order valence-corrected chi connectivity index (χ4v) is 1.73. The van der Waals surface area contributed by atoms with Crippen LogP contribution in [0.5, 0.6) is 0 Å². The summed E-state index contributed by atoms with van der Waals surface area (Å²) in [6.45, 7) is 2.76. The zero-order chi connectivity index (χ0) is 12.1. The molecule has 0 radical (unpaired) electrons. The standard InChI is InChI=1S/C13H19N3O/c1-10(11-4-7-14-8-5-11)16-13(17)6-9-15-12-2-3-12/h4-5,7-8,10,12,15H,2-3,6,9H2,1H3,(H,16,17)/t10-/m1/s1. The summed E-state index contributed by atoms with van der Waals surface area (Å²) in [7, 11) is 0. The van der Waals surface area contributed by atoms with Gasteiger partial charge in [-0.15, -0.1) is 0 Å². The Bertz CT molecular complexity index is 362. The van der Waals surface area contributed by atoms with Gasteiger partial charge in [-0.1, -0.05) is 0 Å². The first-order chi connectivity index (χ1) is 8.25. The molecule has 1 amide bonds. The van der Waals surface area contributed by atoms with Crippen LogP contribution in [0.2, 0.25) is 0 Å². The van der Waals surface area contributed by atoms with Crippen LogP contribution in [-0.2, 0) is 4.79 Å². The van der Waals surface area contributed by atoms with E-state index in [1.54, 1.807) is 12.4 Å². The Morgan fingerprint density at radius 1 is 1.47 bits per heavy atom. The summed E-state index contributed by atoms with van der Waals surface area (Å²) in [6, 6.07) is 4.56. The highest BCUT2D eigenvalue weighted by Gasteiger charge is 2.20. The first-order valence-electron chi connectivity index (χ1n) is 6.18. The van der Waals surface area contributed by atoms with E-state index in [4.69, 9.17) is 0 Å². The molecule has 1 aliphatic carbocycles. The number of amides is 1. The lowest BCUT2D eigenvalue weighted by molar-refractivity contribution is -0.121. The van der Waals surface area contributed by atoms with Crippen molar-refractivity contribution in [2.45, 2.75) is 38.3 Å². The van der Waals surface area contributed by atoms with E-state index in [0.29, 0.717) is 12.5 Å². The summed E-state index contributed by atoms with van der Waals surface area (Å²) in [6.07, 6.45) is 6.55. The van der Waals surface area contributed by atoms with Crippen LogP contribution in [0.4, 0.5) is 0 Å². The highest BCUT2D eigenvalue weighted by Crippen LogP contribution is 2.18. The molecule has 0 spiro atoms. The number of pyridine rings is 1. The second-order valence-electron chi connectivity index (χ2n) is 4.55. The maximum atomic E-state index is 11.7. The third-order valence-electron chi connectivity index (χ3n) is 2.95. The smallest absolute Gasteiger partial charge is 0.221 e. The molecule has 17 heavy (non-hydrogen) atoms. The van der Waals surface area contributed by atoms with E-state index in [2.05, 4.69) is 15.6 Å². The van der Waals surface area contributed by atoms with Crippen LogP contribution in [0.3, 0.4) is 0 Å². The molecule has 1 saturated carbocycles. The molecule has 2 N–H and O–H groups in total. The van der Waals surface area contributed by atoms with Crippen molar-refractivity contribution in [3.8, 4) is 0 Å². The van der Waals surface area contributed by atoms with Crippen molar-refractivity contribution in [3.05, 3.63) is 30.1 Å². The molecule has 2 rings (SSSR count). The first kappa shape index (κ1) is 12.0. The fourth-order valence-electron chi connectivity index (χ4n) is 1.73. The van der Waals surface area contributed by atoms with E-state index in [1.807, 2.05) is 19.1 Å². The minimum Gasteiger partial charge on any atom is -0.350 e. The Morgan fingerprint density at radius 2 is 2.18 bits per heavy atom. The van der Waals surface area contributed by atoms with Crippen LogP contribution in [0, 0.1) is 0 Å². The lowest BCUT2D eigenvalue weighted by Crippen LogP contribution is -2.30.